The zero-order chi connectivity index (χ0) is 12.0. The van der Waals surface area contributed by atoms with Gasteiger partial charge in [-0.1, -0.05) is 13.8 Å². The van der Waals surface area contributed by atoms with E-state index in [-0.39, 0.29) is 18.0 Å². The number of hydrogen-bond donors (Lipinski definition) is 2. The van der Waals surface area contributed by atoms with Gasteiger partial charge in [0.25, 0.3) is 0 Å². The Bertz CT molecular complexity index is 270. The monoisotopic (exact) mass is 222 g/mol. The summed E-state index contributed by atoms with van der Waals surface area (Å²) in [6.07, 6.45) is 9.05. The van der Waals surface area contributed by atoms with Gasteiger partial charge in [0, 0.05) is 12.5 Å². The van der Waals surface area contributed by atoms with E-state index in [1.807, 2.05) is 6.92 Å². The minimum absolute atomic E-state index is 0.0411. The molecule has 1 amide bonds. The molecule has 0 spiro atoms. The number of carbonyl (C=O) groups excluding carboxylic acids is 1. The molecule has 3 unspecified atom stereocenters. The standard InChI is InChI=1S/C13H22N2O/c1-4-7-11(5-2)15-13(16)12-10(3)8-6-9-14-12/h1,10-12,14H,5-9H2,2-3H3,(H,15,16). The number of rotatable bonds is 4. The molecule has 1 saturated heterocycles. The summed E-state index contributed by atoms with van der Waals surface area (Å²) >= 11 is 0. The van der Waals surface area contributed by atoms with Crippen LogP contribution in [0.5, 0.6) is 0 Å². The number of nitrogens with one attached hydrogen (secondary N) is 2. The smallest absolute Gasteiger partial charge is 0.237 e. The van der Waals surface area contributed by atoms with Gasteiger partial charge in [0.05, 0.1) is 6.04 Å². The number of piperidine rings is 1. The van der Waals surface area contributed by atoms with Crippen LogP contribution >= 0.6 is 0 Å². The summed E-state index contributed by atoms with van der Waals surface area (Å²) in [5, 5.41) is 6.30. The van der Waals surface area contributed by atoms with Gasteiger partial charge in [-0.2, -0.15) is 0 Å². The molecule has 16 heavy (non-hydrogen) atoms. The Morgan fingerprint density at radius 3 is 3.00 bits per heavy atom. The molecular weight excluding hydrogens is 200 g/mol. The summed E-state index contributed by atoms with van der Waals surface area (Å²) in [6, 6.07) is 0.0778. The van der Waals surface area contributed by atoms with Crippen LogP contribution in [0.3, 0.4) is 0 Å². The Morgan fingerprint density at radius 2 is 2.44 bits per heavy atom. The van der Waals surface area contributed by atoms with Crippen LogP contribution in [0.25, 0.3) is 0 Å². The number of terminal acetylenes is 1. The Kier molecular flexibility index (Phi) is 5.34. The summed E-state index contributed by atoms with van der Waals surface area (Å²) in [4.78, 5) is 12.0. The molecule has 2 N–H and O–H groups in total. The number of amides is 1. The second-order valence-electron chi connectivity index (χ2n) is 4.57. The maximum Gasteiger partial charge on any atom is 0.237 e. The van der Waals surface area contributed by atoms with Crippen molar-refractivity contribution in [2.75, 3.05) is 6.54 Å². The molecule has 3 atom stereocenters. The largest absolute Gasteiger partial charge is 0.351 e. The van der Waals surface area contributed by atoms with E-state index in [4.69, 9.17) is 6.42 Å². The zero-order valence-corrected chi connectivity index (χ0v) is 10.3. The SMILES string of the molecule is C#CCC(CC)NC(=O)C1NCCCC1C. The molecule has 1 aliphatic rings. The first-order chi connectivity index (χ1) is 7.69. The third-order valence-corrected chi connectivity index (χ3v) is 3.26. The van der Waals surface area contributed by atoms with Crippen LogP contribution in [0.2, 0.25) is 0 Å². The fourth-order valence-corrected chi connectivity index (χ4v) is 2.13. The lowest BCUT2D eigenvalue weighted by atomic mass is 9.92. The van der Waals surface area contributed by atoms with E-state index in [2.05, 4.69) is 23.5 Å². The molecule has 0 aliphatic carbocycles. The molecule has 1 aliphatic heterocycles. The predicted molar refractivity (Wildman–Crippen MR) is 65.9 cm³/mol. The van der Waals surface area contributed by atoms with Gasteiger partial charge in [0.1, 0.15) is 0 Å². The van der Waals surface area contributed by atoms with Crippen molar-refractivity contribution in [1.29, 1.82) is 0 Å². The van der Waals surface area contributed by atoms with E-state index in [9.17, 15) is 4.79 Å². The first-order valence-electron chi connectivity index (χ1n) is 6.16. The van der Waals surface area contributed by atoms with Crippen molar-refractivity contribution in [3.63, 3.8) is 0 Å². The average Bonchev–Trinajstić information content (AvgIpc) is 2.28. The van der Waals surface area contributed by atoms with Crippen molar-refractivity contribution in [2.45, 2.75) is 51.6 Å². The summed E-state index contributed by atoms with van der Waals surface area (Å²) in [5.74, 6) is 3.12. The maximum atomic E-state index is 12.0. The molecule has 1 fully saturated rings. The van der Waals surface area contributed by atoms with Crippen molar-refractivity contribution >= 4 is 5.91 Å². The normalized spacial score (nSPS) is 26.8. The van der Waals surface area contributed by atoms with E-state index >= 15 is 0 Å². The van der Waals surface area contributed by atoms with Gasteiger partial charge in [0.2, 0.25) is 5.91 Å². The van der Waals surface area contributed by atoms with Gasteiger partial charge in [-0.05, 0) is 31.7 Å². The number of hydrogen-bond acceptors (Lipinski definition) is 2. The molecule has 3 nitrogen and oxygen atoms in total. The molecule has 0 saturated carbocycles. The lowest BCUT2D eigenvalue weighted by Gasteiger charge is -2.30. The lowest BCUT2D eigenvalue weighted by Crippen LogP contribution is -2.52. The first kappa shape index (κ1) is 13.1. The molecule has 0 bridgehead atoms. The Balaban J connectivity index is 2.46. The first-order valence-corrected chi connectivity index (χ1v) is 6.16. The fourth-order valence-electron chi connectivity index (χ4n) is 2.13. The van der Waals surface area contributed by atoms with Gasteiger partial charge in [-0.3, -0.25) is 4.79 Å². The minimum atomic E-state index is -0.0411. The molecule has 90 valence electrons. The molecule has 1 rings (SSSR count). The average molecular weight is 222 g/mol. The third-order valence-electron chi connectivity index (χ3n) is 3.26. The van der Waals surface area contributed by atoms with Gasteiger partial charge >= 0.3 is 0 Å². The summed E-state index contributed by atoms with van der Waals surface area (Å²) in [5.41, 5.74) is 0. The van der Waals surface area contributed by atoms with Crippen LogP contribution in [-0.4, -0.2) is 24.5 Å². The zero-order valence-electron chi connectivity index (χ0n) is 10.3. The molecule has 0 radical (unpaired) electrons. The highest BCUT2D eigenvalue weighted by atomic mass is 16.2. The molecule has 1 heterocycles. The van der Waals surface area contributed by atoms with Gasteiger partial charge in [0.15, 0.2) is 0 Å². The minimum Gasteiger partial charge on any atom is -0.351 e. The van der Waals surface area contributed by atoms with Crippen molar-refractivity contribution in [3.8, 4) is 12.3 Å². The molecule has 0 aromatic rings. The van der Waals surface area contributed by atoms with Crippen LogP contribution < -0.4 is 10.6 Å². The highest BCUT2D eigenvalue weighted by molar-refractivity contribution is 5.82. The van der Waals surface area contributed by atoms with E-state index in [1.165, 1.54) is 0 Å². The molecule has 0 aromatic heterocycles. The van der Waals surface area contributed by atoms with Crippen LogP contribution in [0, 0.1) is 18.3 Å². The molecule has 0 aromatic carbocycles. The van der Waals surface area contributed by atoms with E-state index in [0.717, 1.165) is 25.8 Å². The Morgan fingerprint density at radius 1 is 1.69 bits per heavy atom. The van der Waals surface area contributed by atoms with Crippen molar-refractivity contribution in [3.05, 3.63) is 0 Å². The van der Waals surface area contributed by atoms with Crippen molar-refractivity contribution < 1.29 is 4.79 Å². The second-order valence-corrected chi connectivity index (χ2v) is 4.57. The highest BCUT2D eigenvalue weighted by Crippen LogP contribution is 2.15. The van der Waals surface area contributed by atoms with Gasteiger partial charge < -0.3 is 10.6 Å². The van der Waals surface area contributed by atoms with E-state index in [1.54, 1.807) is 0 Å². The summed E-state index contributed by atoms with van der Waals surface area (Å²) in [6.45, 7) is 5.10. The molecule has 3 heteroatoms. The Hall–Kier alpha value is -1.01. The van der Waals surface area contributed by atoms with Crippen LogP contribution in [-0.2, 0) is 4.79 Å². The third kappa shape index (κ3) is 3.53. The topological polar surface area (TPSA) is 41.1 Å². The Labute approximate surface area is 98.4 Å². The summed E-state index contributed by atoms with van der Waals surface area (Å²) in [7, 11) is 0. The molecular formula is C13H22N2O. The maximum absolute atomic E-state index is 12.0. The second kappa shape index (κ2) is 6.55. The van der Waals surface area contributed by atoms with Gasteiger partial charge in [-0.25, -0.2) is 0 Å². The van der Waals surface area contributed by atoms with Crippen molar-refractivity contribution in [2.24, 2.45) is 5.92 Å². The highest BCUT2D eigenvalue weighted by Gasteiger charge is 2.28. The quantitative estimate of drug-likeness (QED) is 0.704. The van der Waals surface area contributed by atoms with Crippen molar-refractivity contribution in [1.82, 2.24) is 10.6 Å². The van der Waals surface area contributed by atoms with Crippen LogP contribution in [0.4, 0.5) is 0 Å². The van der Waals surface area contributed by atoms with E-state index < -0.39 is 0 Å². The predicted octanol–water partition coefficient (Wildman–Crippen LogP) is 1.29. The number of carbonyl (C=O) groups is 1. The van der Waals surface area contributed by atoms with Gasteiger partial charge in [-0.15, -0.1) is 12.3 Å². The summed E-state index contributed by atoms with van der Waals surface area (Å²) < 4.78 is 0. The fraction of sp³-hybridized carbons (Fsp3) is 0.769. The lowest BCUT2D eigenvalue weighted by molar-refractivity contribution is -0.125. The van der Waals surface area contributed by atoms with Crippen LogP contribution in [0.15, 0.2) is 0 Å². The van der Waals surface area contributed by atoms with E-state index in [0.29, 0.717) is 12.3 Å². The van der Waals surface area contributed by atoms with Crippen LogP contribution in [0.1, 0.15) is 39.5 Å².